The van der Waals surface area contributed by atoms with Crippen LogP contribution in [0, 0.1) is 0 Å². The van der Waals surface area contributed by atoms with Crippen molar-refractivity contribution in [3.63, 3.8) is 0 Å². The Morgan fingerprint density at radius 2 is 1.62 bits per heavy atom. The quantitative estimate of drug-likeness (QED) is 0.822. The lowest BCUT2D eigenvalue weighted by Crippen LogP contribution is -2.35. The third-order valence-electron chi connectivity index (χ3n) is 3.52. The van der Waals surface area contributed by atoms with Gasteiger partial charge in [-0.05, 0) is 36.6 Å². The van der Waals surface area contributed by atoms with Crippen LogP contribution in [0.25, 0.3) is 0 Å². The van der Waals surface area contributed by atoms with Crippen LogP contribution in [0.4, 0.5) is 0 Å². The number of hydrogen-bond donors (Lipinski definition) is 2. The molecule has 0 radical (unpaired) electrons. The summed E-state index contributed by atoms with van der Waals surface area (Å²) in [6.07, 6.45) is 1.44. The number of benzene rings is 2. The third-order valence-corrected chi connectivity index (χ3v) is 3.52. The molecule has 21 heavy (non-hydrogen) atoms. The minimum absolute atomic E-state index is 0.242. The Morgan fingerprint density at radius 3 is 2.24 bits per heavy atom. The average Bonchev–Trinajstić information content (AvgIpc) is 2.50. The normalized spacial score (nSPS) is 13.7. The molecule has 2 aromatic carbocycles. The molecule has 0 bridgehead atoms. The number of ether oxygens (including phenoxy) is 1. The molecule has 112 valence electrons. The van der Waals surface area contributed by atoms with Crippen LogP contribution in [0.2, 0.25) is 0 Å². The van der Waals surface area contributed by atoms with Gasteiger partial charge in [0, 0.05) is 13.0 Å². The van der Waals surface area contributed by atoms with Gasteiger partial charge in [-0.2, -0.15) is 0 Å². The summed E-state index contributed by atoms with van der Waals surface area (Å²) in [7, 11) is 0. The van der Waals surface area contributed by atoms with Gasteiger partial charge >= 0.3 is 0 Å². The second-order valence-corrected chi connectivity index (χ2v) is 5.61. The van der Waals surface area contributed by atoms with E-state index in [9.17, 15) is 5.11 Å². The first-order valence-electron chi connectivity index (χ1n) is 7.27. The molecule has 0 heterocycles. The highest BCUT2D eigenvalue weighted by molar-refractivity contribution is 5.31. The summed E-state index contributed by atoms with van der Waals surface area (Å²) >= 11 is 0. The van der Waals surface area contributed by atoms with Crippen LogP contribution in [0.5, 0.6) is 5.75 Å². The third kappa shape index (κ3) is 5.21. The van der Waals surface area contributed by atoms with E-state index in [0.29, 0.717) is 13.0 Å². The summed E-state index contributed by atoms with van der Waals surface area (Å²) in [5.74, 6) is 0.819. The molecule has 3 N–H and O–H groups in total. The van der Waals surface area contributed by atoms with Crippen molar-refractivity contribution >= 4 is 0 Å². The van der Waals surface area contributed by atoms with Gasteiger partial charge in [-0.15, -0.1) is 0 Å². The maximum atomic E-state index is 9.80. The maximum Gasteiger partial charge on any atom is 0.119 e. The van der Waals surface area contributed by atoms with E-state index in [-0.39, 0.29) is 6.54 Å². The van der Waals surface area contributed by atoms with E-state index in [2.05, 4.69) is 36.4 Å². The summed E-state index contributed by atoms with van der Waals surface area (Å²) in [5, 5.41) is 9.80. The van der Waals surface area contributed by atoms with Gasteiger partial charge in [-0.25, -0.2) is 0 Å². The van der Waals surface area contributed by atoms with E-state index in [0.717, 1.165) is 12.2 Å². The highest BCUT2D eigenvalue weighted by Gasteiger charge is 2.17. The average molecular weight is 285 g/mol. The van der Waals surface area contributed by atoms with Crippen molar-refractivity contribution in [3.8, 4) is 5.75 Å². The van der Waals surface area contributed by atoms with Crippen LogP contribution in [-0.2, 0) is 6.42 Å². The molecular weight excluding hydrogens is 262 g/mol. The molecule has 3 heteroatoms. The molecule has 0 aliphatic rings. The molecule has 0 aliphatic carbocycles. The van der Waals surface area contributed by atoms with E-state index >= 15 is 0 Å². The Morgan fingerprint density at radius 1 is 1.00 bits per heavy atom. The van der Waals surface area contributed by atoms with Crippen LogP contribution in [0.1, 0.15) is 24.5 Å². The maximum absolute atomic E-state index is 9.80. The monoisotopic (exact) mass is 285 g/mol. The molecule has 0 spiro atoms. The van der Waals surface area contributed by atoms with Crippen molar-refractivity contribution in [2.24, 2.45) is 5.73 Å². The fourth-order valence-electron chi connectivity index (χ4n) is 2.03. The first-order valence-corrected chi connectivity index (χ1v) is 7.27. The zero-order valence-corrected chi connectivity index (χ0v) is 12.5. The van der Waals surface area contributed by atoms with Gasteiger partial charge in [-0.1, -0.05) is 42.5 Å². The van der Waals surface area contributed by atoms with E-state index in [1.807, 2.05) is 18.2 Å². The summed E-state index contributed by atoms with van der Waals surface area (Å²) in [6, 6.07) is 18.5. The van der Waals surface area contributed by atoms with E-state index in [4.69, 9.17) is 10.5 Å². The second kappa shape index (κ2) is 7.25. The van der Waals surface area contributed by atoms with Crippen molar-refractivity contribution in [1.29, 1.82) is 0 Å². The highest BCUT2D eigenvalue weighted by Crippen LogP contribution is 2.16. The number of aliphatic hydroxyl groups is 1. The lowest BCUT2D eigenvalue weighted by atomic mass is 10.0. The first-order chi connectivity index (χ1) is 10.1. The summed E-state index contributed by atoms with van der Waals surface area (Å²) in [6.45, 7) is 2.42. The predicted molar refractivity (Wildman–Crippen MR) is 85.5 cm³/mol. The lowest BCUT2D eigenvalue weighted by Gasteiger charge is -2.20. The molecule has 2 rings (SSSR count). The van der Waals surface area contributed by atoms with Crippen molar-refractivity contribution in [2.75, 3.05) is 13.2 Å². The zero-order chi connectivity index (χ0) is 15.1. The first kappa shape index (κ1) is 15.5. The molecule has 3 nitrogen and oxygen atoms in total. The van der Waals surface area contributed by atoms with Crippen LogP contribution < -0.4 is 10.5 Å². The predicted octanol–water partition coefficient (Wildman–Crippen LogP) is 2.76. The Kier molecular flexibility index (Phi) is 5.37. The van der Waals surface area contributed by atoms with Gasteiger partial charge in [0.15, 0.2) is 0 Å². The van der Waals surface area contributed by atoms with Crippen molar-refractivity contribution in [1.82, 2.24) is 0 Å². The minimum Gasteiger partial charge on any atom is -0.493 e. The van der Waals surface area contributed by atoms with Gasteiger partial charge in [0.2, 0.25) is 0 Å². The van der Waals surface area contributed by atoms with Crippen LogP contribution in [0.3, 0.4) is 0 Å². The fraction of sp³-hybridized carbons (Fsp3) is 0.333. The summed E-state index contributed by atoms with van der Waals surface area (Å²) < 4.78 is 5.63. The smallest absolute Gasteiger partial charge is 0.119 e. The molecular formula is C18H23NO2. The van der Waals surface area contributed by atoms with Gasteiger partial charge in [0.05, 0.1) is 12.2 Å². The molecule has 0 amide bonds. The van der Waals surface area contributed by atoms with Crippen molar-refractivity contribution < 1.29 is 9.84 Å². The Balaban J connectivity index is 1.85. The van der Waals surface area contributed by atoms with E-state index in [1.165, 1.54) is 11.1 Å². The van der Waals surface area contributed by atoms with Gasteiger partial charge < -0.3 is 15.6 Å². The molecule has 0 saturated heterocycles. The van der Waals surface area contributed by atoms with Crippen molar-refractivity contribution in [2.45, 2.75) is 25.4 Å². The van der Waals surface area contributed by atoms with Crippen LogP contribution in [0.15, 0.2) is 54.6 Å². The lowest BCUT2D eigenvalue weighted by molar-refractivity contribution is 0.0453. The van der Waals surface area contributed by atoms with Gasteiger partial charge in [0.1, 0.15) is 5.75 Å². The fourth-order valence-corrected chi connectivity index (χ4v) is 2.03. The van der Waals surface area contributed by atoms with Gasteiger partial charge in [-0.3, -0.25) is 0 Å². The number of rotatable bonds is 7. The highest BCUT2D eigenvalue weighted by atomic mass is 16.5. The molecule has 0 fully saturated rings. The molecule has 1 atom stereocenters. The van der Waals surface area contributed by atoms with Crippen molar-refractivity contribution in [3.05, 3.63) is 65.7 Å². The standard InChI is InChI=1S/C18H23NO2/c1-18(20,14-19)11-12-21-17-9-7-16(8-10-17)13-15-5-3-2-4-6-15/h2-10,20H,11-14,19H2,1H3. The Hall–Kier alpha value is -1.84. The van der Waals surface area contributed by atoms with Crippen LogP contribution in [-0.4, -0.2) is 23.9 Å². The second-order valence-electron chi connectivity index (χ2n) is 5.61. The Labute approximate surface area is 126 Å². The molecule has 0 aromatic heterocycles. The zero-order valence-electron chi connectivity index (χ0n) is 12.5. The van der Waals surface area contributed by atoms with E-state index < -0.39 is 5.60 Å². The van der Waals surface area contributed by atoms with E-state index in [1.54, 1.807) is 6.92 Å². The molecule has 0 saturated carbocycles. The molecule has 2 aromatic rings. The van der Waals surface area contributed by atoms with Crippen LogP contribution >= 0.6 is 0 Å². The minimum atomic E-state index is -0.854. The molecule has 0 aliphatic heterocycles. The van der Waals surface area contributed by atoms with Gasteiger partial charge in [0.25, 0.3) is 0 Å². The number of hydrogen-bond acceptors (Lipinski definition) is 3. The summed E-state index contributed by atoms with van der Waals surface area (Å²) in [5.41, 5.74) is 7.17. The topological polar surface area (TPSA) is 55.5 Å². The number of nitrogens with two attached hydrogens (primary N) is 1. The summed E-state index contributed by atoms with van der Waals surface area (Å²) in [4.78, 5) is 0. The Bertz CT molecular complexity index is 535. The SMILES string of the molecule is CC(O)(CN)CCOc1ccc(Cc2ccccc2)cc1. The molecule has 1 unspecified atom stereocenters. The largest absolute Gasteiger partial charge is 0.493 e.